The first-order chi connectivity index (χ1) is 7.11. The van der Waals surface area contributed by atoms with E-state index in [-0.39, 0.29) is 0 Å². The fraction of sp³-hybridized carbons (Fsp3) is 0.583. The molecule has 0 saturated heterocycles. The highest BCUT2D eigenvalue weighted by Gasteiger charge is 2.05. The Morgan fingerprint density at radius 1 is 1.20 bits per heavy atom. The molecule has 0 aliphatic carbocycles. The molecule has 0 bridgehead atoms. The van der Waals surface area contributed by atoms with E-state index in [2.05, 4.69) is 42.7 Å². The van der Waals surface area contributed by atoms with E-state index in [0.717, 1.165) is 18.9 Å². The molecule has 0 radical (unpaired) electrons. The number of aromatic nitrogens is 1. The molecule has 0 saturated carbocycles. The van der Waals surface area contributed by atoms with E-state index >= 15 is 0 Å². The maximum atomic E-state index is 4.31. The lowest BCUT2D eigenvalue weighted by Crippen LogP contribution is -2.34. The van der Waals surface area contributed by atoms with Crippen LogP contribution in [0.4, 0.5) is 5.82 Å². The van der Waals surface area contributed by atoms with Crippen molar-refractivity contribution in [3.63, 3.8) is 0 Å². The van der Waals surface area contributed by atoms with Crippen LogP contribution in [0.5, 0.6) is 0 Å². The van der Waals surface area contributed by atoms with Crippen molar-refractivity contribution in [1.82, 2.24) is 9.88 Å². The molecule has 0 spiro atoms. The van der Waals surface area contributed by atoms with E-state index in [9.17, 15) is 0 Å². The smallest absolute Gasteiger partial charge is 0.128 e. The fourth-order valence-electron chi connectivity index (χ4n) is 1.26. The van der Waals surface area contributed by atoms with Crippen molar-refractivity contribution in [2.24, 2.45) is 0 Å². The zero-order valence-corrected chi connectivity index (χ0v) is 10.1. The van der Waals surface area contributed by atoms with Gasteiger partial charge >= 0.3 is 0 Å². The highest BCUT2D eigenvalue weighted by atomic mass is 15.2. The lowest BCUT2D eigenvalue weighted by molar-refractivity contribution is 0.280. The largest absolute Gasteiger partial charge is 0.358 e. The Labute approximate surface area is 92.7 Å². The van der Waals surface area contributed by atoms with Gasteiger partial charge in [-0.3, -0.25) is 0 Å². The first kappa shape index (κ1) is 12.0. The maximum absolute atomic E-state index is 4.31. The van der Waals surface area contributed by atoms with E-state index in [1.54, 1.807) is 0 Å². The predicted octanol–water partition coefficient (Wildman–Crippen LogP) is 1.86. The molecule has 15 heavy (non-hydrogen) atoms. The van der Waals surface area contributed by atoms with Crippen molar-refractivity contribution in [3.05, 3.63) is 24.4 Å². The molecule has 0 aromatic carbocycles. The number of hydrogen-bond acceptors (Lipinski definition) is 3. The number of likely N-dealkylation sites (N-methyl/N-ethyl adjacent to an activating group) is 2. The van der Waals surface area contributed by atoms with Crippen molar-refractivity contribution >= 4 is 5.82 Å². The quantitative estimate of drug-likeness (QED) is 0.734. The molecule has 0 N–H and O–H groups in total. The average molecular weight is 207 g/mol. The molecule has 0 amide bonds. The Morgan fingerprint density at radius 3 is 2.47 bits per heavy atom. The van der Waals surface area contributed by atoms with Gasteiger partial charge < -0.3 is 9.80 Å². The molecule has 0 unspecified atom stereocenters. The zero-order valence-electron chi connectivity index (χ0n) is 10.1. The normalized spacial score (nSPS) is 11.1. The minimum atomic E-state index is 0.599. The Kier molecular flexibility index (Phi) is 4.56. The van der Waals surface area contributed by atoms with Crippen LogP contribution in [0.3, 0.4) is 0 Å². The van der Waals surface area contributed by atoms with E-state index in [1.807, 2.05) is 24.4 Å². The van der Waals surface area contributed by atoms with Crippen LogP contribution in [0.2, 0.25) is 0 Å². The van der Waals surface area contributed by atoms with Crippen molar-refractivity contribution < 1.29 is 0 Å². The van der Waals surface area contributed by atoms with Gasteiger partial charge in [-0.25, -0.2) is 4.98 Å². The van der Waals surface area contributed by atoms with Gasteiger partial charge in [0.25, 0.3) is 0 Å². The summed E-state index contributed by atoms with van der Waals surface area (Å²) in [7, 11) is 4.23. The van der Waals surface area contributed by atoms with Crippen molar-refractivity contribution in [2.45, 2.75) is 19.9 Å². The molecular formula is C12H21N3. The van der Waals surface area contributed by atoms with Crippen molar-refractivity contribution in [1.29, 1.82) is 0 Å². The molecule has 1 heterocycles. The molecule has 3 heteroatoms. The summed E-state index contributed by atoms with van der Waals surface area (Å²) in [6.07, 6.45) is 1.83. The van der Waals surface area contributed by atoms with Crippen LogP contribution in [0.15, 0.2) is 24.4 Å². The van der Waals surface area contributed by atoms with Gasteiger partial charge in [0, 0.05) is 32.4 Å². The van der Waals surface area contributed by atoms with Gasteiger partial charge in [-0.1, -0.05) is 6.07 Å². The summed E-state index contributed by atoms with van der Waals surface area (Å²) in [5.41, 5.74) is 0. The molecule has 0 aliphatic heterocycles. The summed E-state index contributed by atoms with van der Waals surface area (Å²) in [6, 6.07) is 6.60. The van der Waals surface area contributed by atoms with Crippen LogP contribution in [0, 0.1) is 0 Å². The Balaban J connectivity index is 2.40. The van der Waals surface area contributed by atoms with Crippen LogP contribution >= 0.6 is 0 Å². The number of hydrogen-bond donors (Lipinski definition) is 0. The van der Waals surface area contributed by atoms with Crippen LogP contribution in [-0.4, -0.2) is 43.1 Å². The number of nitrogens with zero attached hydrogens (tertiary/aromatic N) is 3. The summed E-state index contributed by atoms with van der Waals surface area (Å²) < 4.78 is 0. The van der Waals surface area contributed by atoms with Gasteiger partial charge in [-0.2, -0.15) is 0 Å². The molecule has 3 nitrogen and oxygen atoms in total. The molecule has 0 fully saturated rings. The minimum absolute atomic E-state index is 0.599. The van der Waals surface area contributed by atoms with E-state index < -0.39 is 0 Å². The van der Waals surface area contributed by atoms with Crippen LogP contribution in [-0.2, 0) is 0 Å². The molecule has 1 rings (SSSR count). The topological polar surface area (TPSA) is 19.4 Å². The van der Waals surface area contributed by atoms with E-state index in [1.165, 1.54) is 0 Å². The monoisotopic (exact) mass is 207 g/mol. The number of pyridine rings is 1. The molecule has 1 aromatic rings. The van der Waals surface area contributed by atoms with Gasteiger partial charge in [-0.15, -0.1) is 0 Å². The maximum Gasteiger partial charge on any atom is 0.128 e. The fourth-order valence-corrected chi connectivity index (χ4v) is 1.26. The second-order valence-electron chi connectivity index (χ2n) is 4.18. The highest BCUT2D eigenvalue weighted by Crippen LogP contribution is 2.06. The molecule has 1 aromatic heterocycles. The molecule has 84 valence electrons. The van der Waals surface area contributed by atoms with E-state index in [0.29, 0.717) is 6.04 Å². The summed E-state index contributed by atoms with van der Waals surface area (Å²) in [5.74, 6) is 1.04. The molecule has 0 aliphatic rings. The standard InChI is InChI=1S/C12H21N3/c1-11(2)14(3)9-10-15(4)12-7-5-6-8-13-12/h5-8,11H,9-10H2,1-4H3. The highest BCUT2D eigenvalue weighted by molar-refractivity contribution is 5.36. The Bertz CT molecular complexity index is 271. The summed E-state index contributed by atoms with van der Waals surface area (Å²) in [4.78, 5) is 8.82. The Morgan fingerprint density at radius 2 is 1.93 bits per heavy atom. The van der Waals surface area contributed by atoms with Crippen LogP contribution in [0.25, 0.3) is 0 Å². The third kappa shape index (κ3) is 3.88. The number of anilines is 1. The SMILES string of the molecule is CC(C)N(C)CCN(C)c1ccccn1. The van der Waals surface area contributed by atoms with Crippen molar-refractivity contribution in [2.75, 3.05) is 32.1 Å². The van der Waals surface area contributed by atoms with Crippen molar-refractivity contribution in [3.8, 4) is 0 Å². The van der Waals surface area contributed by atoms with E-state index in [4.69, 9.17) is 0 Å². The summed E-state index contributed by atoms with van der Waals surface area (Å²) in [6.45, 7) is 6.48. The zero-order chi connectivity index (χ0) is 11.3. The lowest BCUT2D eigenvalue weighted by Gasteiger charge is -2.25. The molecule has 0 atom stereocenters. The predicted molar refractivity (Wildman–Crippen MR) is 65.3 cm³/mol. The first-order valence-electron chi connectivity index (χ1n) is 5.43. The second-order valence-corrected chi connectivity index (χ2v) is 4.18. The van der Waals surface area contributed by atoms with Gasteiger partial charge in [0.05, 0.1) is 0 Å². The van der Waals surface area contributed by atoms with Gasteiger partial charge in [0.1, 0.15) is 5.82 Å². The summed E-state index contributed by atoms with van der Waals surface area (Å²) >= 11 is 0. The lowest BCUT2D eigenvalue weighted by atomic mass is 10.3. The van der Waals surface area contributed by atoms with Gasteiger partial charge in [0.2, 0.25) is 0 Å². The van der Waals surface area contributed by atoms with Gasteiger partial charge in [-0.05, 0) is 33.0 Å². The van der Waals surface area contributed by atoms with Crippen LogP contribution in [0.1, 0.15) is 13.8 Å². The first-order valence-corrected chi connectivity index (χ1v) is 5.43. The average Bonchev–Trinajstić information content (AvgIpc) is 2.26. The Hall–Kier alpha value is -1.09. The summed E-state index contributed by atoms with van der Waals surface area (Å²) in [5, 5.41) is 0. The third-order valence-electron chi connectivity index (χ3n) is 2.71. The van der Waals surface area contributed by atoms with Gasteiger partial charge in [0.15, 0.2) is 0 Å². The second kappa shape index (κ2) is 5.71. The third-order valence-corrected chi connectivity index (χ3v) is 2.71. The minimum Gasteiger partial charge on any atom is -0.358 e. The number of rotatable bonds is 5. The van der Waals surface area contributed by atoms with Crippen LogP contribution < -0.4 is 4.90 Å². The molecular weight excluding hydrogens is 186 g/mol.